The molecular weight excluding hydrogens is 414 g/mol. The number of aromatic nitrogens is 4. The van der Waals surface area contributed by atoms with E-state index in [1.807, 2.05) is 12.1 Å². The van der Waals surface area contributed by atoms with Crippen molar-refractivity contribution < 1.29 is 9.53 Å². The Labute approximate surface area is 184 Å². The SMILES string of the molecule is CCOC(=O)c1[nH]ncc1CN1CCC(c2csc(Nc3ccc(C#N)nc3)n2)CC1. The third-order valence-electron chi connectivity index (χ3n) is 5.25. The van der Waals surface area contributed by atoms with E-state index in [1.54, 1.807) is 36.7 Å². The zero-order chi connectivity index (χ0) is 21.6. The van der Waals surface area contributed by atoms with Crippen molar-refractivity contribution in [1.29, 1.82) is 5.26 Å². The van der Waals surface area contributed by atoms with E-state index in [1.165, 1.54) is 0 Å². The van der Waals surface area contributed by atoms with Gasteiger partial charge in [-0.1, -0.05) is 0 Å². The molecule has 1 aliphatic rings. The molecule has 31 heavy (non-hydrogen) atoms. The number of nitriles is 1. The molecule has 160 valence electrons. The lowest BCUT2D eigenvalue weighted by molar-refractivity contribution is 0.0516. The van der Waals surface area contributed by atoms with Crippen LogP contribution in [-0.4, -0.2) is 50.7 Å². The van der Waals surface area contributed by atoms with Crippen molar-refractivity contribution in [2.24, 2.45) is 0 Å². The molecule has 0 amide bonds. The lowest BCUT2D eigenvalue weighted by Gasteiger charge is -2.31. The molecule has 1 aliphatic heterocycles. The van der Waals surface area contributed by atoms with Gasteiger partial charge in [0.25, 0.3) is 0 Å². The summed E-state index contributed by atoms with van der Waals surface area (Å²) in [5.74, 6) is 0.0564. The van der Waals surface area contributed by atoms with E-state index in [4.69, 9.17) is 15.0 Å². The number of carbonyl (C=O) groups is 1. The van der Waals surface area contributed by atoms with Crippen molar-refractivity contribution in [3.63, 3.8) is 0 Å². The number of anilines is 2. The summed E-state index contributed by atoms with van der Waals surface area (Å²) in [6.07, 6.45) is 5.36. The molecule has 10 heteroatoms. The molecule has 2 N–H and O–H groups in total. The van der Waals surface area contributed by atoms with Crippen LogP contribution >= 0.6 is 11.3 Å². The number of carbonyl (C=O) groups excluding carboxylic acids is 1. The van der Waals surface area contributed by atoms with Gasteiger partial charge >= 0.3 is 5.97 Å². The highest BCUT2D eigenvalue weighted by atomic mass is 32.1. The average molecular weight is 438 g/mol. The summed E-state index contributed by atoms with van der Waals surface area (Å²) in [6, 6.07) is 5.52. The Morgan fingerprint density at radius 2 is 2.23 bits per heavy atom. The minimum absolute atomic E-state index is 0.342. The van der Waals surface area contributed by atoms with Crippen LogP contribution in [0.4, 0.5) is 10.8 Å². The van der Waals surface area contributed by atoms with E-state index < -0.39 is 0 Å². The number of hydrogen-bond acceptors (Lipinski definition) is 9. The number of aromatic amines is 1. The highest BCUT2D eigenvalue weighted by Crippen LogP contribution is 2.32. The zero-order valence-electron chi connectivity index (χ0n) is 17.2. The van der Waals surface area contributed by atoms with Crippen LogP contribution in [-0.2, 0) is 11.3 Å². The summed E-state index contributed by atoms with van der Waals surface area (Å²) in [5.41, 5.74) is 3.61. The maximum absolute atomic E-state index is 12.0. The number of hydrogen-bond donors (Lipinski definition) is 2. The molecule has 0 radical (unpaired) electrons. The summed E-state index contributed by atoms with van der Waals surface area (Å²) in [7, 11) is 0. The van der Waals surface area contributed by atoms with Crippen LogP contribution < -0.4 is 5.32 Å². The van der Waals surface area contributed by atoms with Gasteiger partial charge in [-0.25, -0.2) is 14.8 Å². The molecule has 9 nitrogen and oxygen atoms in total. The molecule has 0 unspecified atom stereocenters. The highest BCUT2D eigenvalue weighted by molar-refractivity contribution is 7.13. The number of nitrogens with zero attached hydrogens (tertiary/aromatic N) is 5. The largest absolute Gasteiger partial charge is 0.461 e. The standard InChI is InChI=1S/C21H23N7O2S/c1-2-30-20(29)19-15(10-24-27-19)12-28-7-5-14(6-8-28)18-13-31-21(26-18)25-17-4-3-16(9-22)23-11-17/h3-4,10-11,13-14H,2,5-8,12H2,1H3,(H,24,27)(H,25,26). The van der Waals surface area contributed by atoms with Crippen LogP contribution in [0.2, 0.25) is 0 Å². The summed E-state index contributed by atoms with van der Waals surface area (Å²) >= 11 is 1.57. The fourth-order valence-electron chi connectivity index (χ4n) is 3.63. The number of thiazole rings is 1. The van der Waals surface area contributed by atoms with E-state index in [9.17, 15) is 4.79 Å². The van der Waals surface area contributed by atoms with Crippen molar-refractivity contribution >= 4 is 28.1 Å². The minimum atomic E-state index is -0.357. The van der Waals surface area contributed by atoms with Crippen molar-refractivity contribution in [1.82, 2.24) is 25.1 Å². The molecule has 1 saturated heterocycles. The van der Waals surface area contributed by atoms with Gasteiger partial charge in [0.05, 0.1) is 30.4 Å². The van der Waals surface area contributed by atoms with Crippen LogP contribution in [0, 0.1) is 11.3 Å². The maximum atomic E-state index is 12.0. The topological polar surface area (TPSA) is 120 Å². The maximum Gasteiger partial charge on any atom is 0.356 e. The molecule has 4 rings (SSSR count). The molecule has 0 bridgehead atoms. The Kier molecular flexibility index (Phi) is 6.54. The van der Waals surface area contributed by atoms with Gasteiger partial charge in [0, 0.05) is 23.4 Å². The number of likely N-dealkylation sites (tertiary alicyclic amines) is 1. The van der Waals surface area contributed by atoms with Gasteiger partial charge in [0.2, 0.25) is 0 Å². The number of ether oxygens (including phenoxy) is 1. The minimum Gasteiger partial charge on any atom is -0.461 e. The van der Waals surface area contributed by atoms with Crippen molar-refractivity contribution in [2.75, 3.05) is 25.0 Å². The number of H-pyrrole nitrogens is 1. The Morgan fingerprint density at radius 3 is 2.94 bits per heavy atom. The van der Waals surface area contributed by atoms with Crippen LogP contribution in [0.25, 0.3) is 0 Å². The Morgan fingerprint density at radius 1 is 1.39 bits per heavy atom. The van der Waals surface area contributed by atoms with Crippen molar-refractivity contribution in [3.8, 4) is 6.07 Å². The van der Waals surface area contributed by atoms with Gasteiger partial charge in [-0.3, -0.25) is 10.00 Å². The van der Waals surface area contributed by atoms with Gasteiger partial charge in [-0.2, -0.15) is 10.4 Å². The Balaban J connectivity index is 1.31. The van der Waals surface area contributed by atoms with Gasteiger partial charge < -0.3 is 10.1 Å². The quantitative estimate of drug-likeness (QED) is 0.540. The first-order chi connectivity index (χ1) is 15.2. The molecule has 0 saturated carbocycles. The van der Waals surface area contributed by atoms with Crippen LogP contribution in [0.1, 0.15) is 53.1 Å². The van der Waals surface area contributed by atoms with Crippen molar-refractivity contribution in [2.45, 2.75) is 32.2 Å². The zero-order valence-corrected chi connectivity index (χ0v) is 18.0. The first-order valence-electron chi connectivity index (χ1n) is 10.2. The first-order valence-corrected chi connectivity index (χ1v) is 11.0. The van der Waals surface area contributed by atoms with E-state index in [2.05, 4.69) is 30.8 Å². The van der Waals surface area contributed by atoms with Crippen LogP contribution in [0.3, 0.4) is 0 Å². The summed E-state index contributed by atoms with van der Waals surface area (Å²) < 4.78 is 5.09. The number of pyridine rings is 1. The number of rotatable bonds is 7. The van der Waals surface area contributed by atoms with Crippen molar-refractivity contribution in [3.05, 3.63) is 52.6 Å². The number of nitrogens with one attached hydrogen (secondary N) is 2. The second kappa shape index (κ2) is 9.68. The fourth-order valence-corrected chi connectivity index (χ4v) is 4.44. The molecule has 0 aromatic carbocycles. The van der Waals surface area contributed by atoms with E-state index in [0.29, 0.717) is 30.5 Å². The third kappa shape index (κ3) is 5.07. The lowest BCUT2D eigenvalue weighted by Crippen LogP contribution is -2.33. The predicted octanol–water partition coefficient (Wildman–Crippen LogP) is 3.43. The summed E-state index contributed by atoms with van der Waals surface area (Å²) in [5, 5.41) is 21.8. The molecule has 4 heterocycles. The van der Waals surface area contributed by atoms with Gasteiger partial charge in [-0.05, 0) is 45.0 Å². The Hall–Kier alpha value is -3.29. The van der Waals surface area contributed by atoms with Gasteiger partial charge in [0.15, 0.2) is 5.13 Å². The molecule has 1 fully saturated rings. The smallest absolute Gasteiger partial charge is 0.356 e. The molecular formula is C21H23N7O2S. The van der Waals surface area contributed by atoms with E-state index >= 15 is 0 Å². The fraction of sp³-hybridized carbons (Fsp3) is 0.381. The lowest BCUT2D eigenvalue weighted by atomic mass is 9.94. The molecule has 3 aromatic rings. The van der Waals surface area contributed by atoms with Crippen LogP contribution in [0.15, 0.2) is 29.9 Å². The Bertz CT molecular complexity index is 1060. The number of piperidine rings is 1. The monoisotopic (exact) mass is 437 g/mol. The predicted molar refractivity (Wildman–Crippen MR) is 116 cm³/mol. The first kappa shape index (κ1) is 21.0. The van der Waals surface area contributed by atoms with E-state index in [-0.39, 0.29) is 5.97 Å². The third-order valence-corrected chi connectivity index (χ3v) is 6.02. The second-order valence-electron chi connectivity index (χ2n) is 7.29. The molecule has 0 spiro atoms. The normalized spacial score (nSPS) is 14.8. The second-order valence-corrected chi connectivity index (χ2v) is 8.15. The van der Waals surface area contributed by atoms with Gasteiger partial charge in [-0.15, -0.1) is 11.3 Å². The molecule has 0 aliphatic carbocycles. The summed E-state index contributed by atoms with van der Waals surface area (Å²) in [4.78, 5) is 23.2. The average Bonchev–Trinajstić information content (AvgIpc) is 3.45. The molecule has 0 atom stereocenters. The number of esters is 1. The van der Waals surface area contributed by atoms with E-state index in [0.717, 1.165) is 48.0 Å². The van der Waals surface area contributed by atoms with Gasteiger partial charge in [0.1, 0.15) is 17.5 Å². The molecule has 3 aromatic heterocycles. The summed E-state index contributed by atoms with van der Waals surface area (Å²) in [6.45, 7) is 4.66. The van der Waals surface area contributed by atoms with Crippen LogP contribution in [0.5, 0.6) is 0 Å². The highest BCUT2D eigenvalue weighted by Gasteiger charge is 2.24.